The number of anilines is 1. The fraction of sp³-hybridized carbons (Fsp3) is 0.524. The average molecular weight is 390 g/mol. The van der Waals surface area contributed by atoms with Gasteiger partial charge < -0.3 is 14.4 Å². The van der Waals surface area contributed by atoms with Gasteiger partial charge in [-0.1, -0.05) is 17.7 Å². The minimum atomic E-state index is -0.0282. The maximum Gasteiger partial charge on any atom is 0.129 e. The van der Waals surface area contributed by atoms with Crippen molar-refractivity contribution in [2.24, 2.45) is 0 Å². The fourth-order valence-electron chi connectivity index (χ4n) is 4.30. The van der Waals surface area contributed by atoms with Crippen molar-refractivity contribution in [3.63, 3.8) is 0 Å². The number of likely N-dealkylation sites (tertiary alicyclic amines) is 1. The van der Waals surface area contributed by atoms with Gasteiger partial charge in [0.15, 0.2) is 0 Å². The van der Waals surface area contributed by atoms with Crippen LogP contribution in [0.15, 0.2) is 40.8 Å². The van der Waals surface area contributed by atoms with Crippen LogP contribution in [-0.2, 0) is 13.2 Å². The highest BCUT2D eigenvalue weighted by Gasteiger charge is 2.28. The molecule has 146 valence electrons. The highest BCUT2D eigenvalue weighted by atomic mass is 35.5. The summed E-state index contributed by atoms with van der Waals surface area (Å²) in [6.45, 7) is 7.31. The predicted molar refractivity (Wildman–Crippen MR) is 108 cm³/mol. The molecule has 6 heteroatoms. The van der Waals surface area contributed by atoms with Crippen LogP contribution in [0.2, 0.25) is 5.02 Å². The quantitative estimate of drug-likeness (QED) is 0.850. The molecule has 2 aliphatic rings. The molecule has 5 nitrogen and oxygen atoms in total. The van der Waals surface area contributed by atoms with Crippen molar-refractivity contribution in [1.82, 2.24) is 9.80 Å². The van der Waals surface area contributed by atoms with Gasteiger partial charge in [-0.15, -0.1) is 0 Å². The van der Waals surface area contributed by atoms with Crippen LogP contribution in [0.4, 0.5) is 5.69 Å². The molecule has 1 N–H and O–H groups in total. The van der Waals surface area contributed by atoms with E-state index in [9.17, 15) is 0 Å². The summed E-state index contributed by atoms with van der Waals surface area (Å²) in [5, 5.41) is 9.97. The number of piperidine rings is 1. The zero-order valence-electron chi connectivity index (χ0n) is 15.7. The third kappa shape index (κ3) is 4.66. The van der Waals surface area contributed by atoms with E-state index in [0.717, 1.165) is 56.6 Å². The Morgan fingerprint density at radius 3 is 2.59 bits per heavy atom. The first kappa shape index (κ1) is 18.8. The van der Waals surface area contributed by atoms with Crippen molar-refractivity contribution >= 4 is 17.3 Å². The normalized spacial score (nSPS) is 22.3. The number of furan rings is 1. The Morgan fingerprint density at radius 2 is 1.85 bits per heavy atom. The van der Waals surface area contributed by atoms with Crippen molar-refractivity contribution in [2.45, 2.75) is 32.0 Å². The summed E-state index contributed by atoms with van der Waals surface area (Å²) >= 11 is 6.14. The molecular weight excluding hydrogens is 362 g/mol. The molecule has 0 aliphatic carbocycles. The first-order valence-corrected chi connectivity index (χ1v) is 10.2. The molecule has 1 atom stereocenters. The van der Waals surface area contributed by atoms with Crippen molar-refractivity contribution in [1.29, 1.82) is 0 Å². The molecule has 0 saturated carbocycles. The lowest BCUT2D eigenvalue weighted by atomic mass is 10.0. The molecule has 2 aliphatic heterocycles. The minimum absolute atomic E-state index is 0.0282. The van der Waals surface area contributed by atoms with Crippen LogP contribution in [0.25, 0.3) is 0 Å². The zero-order valence-corrected chi connectivity index (χ0v) is 16.4. The molecule has 27 heavy (non-hydrogen) atoms. The number of hydrogen-bond donors (Lipinski definition) is 1. The molecule has 0 radical (unpaired) electrons. The lowest BCUT2D eigenvalue weighted by molar-refractivity contribution is 0.0842. The summed E-state index contributed by atoms with van der Waals surface area (Å²) in [6, 6.07) is 12.6. The van der Waals surface area contributed by atoms with Crippen molar-refractivity contribution < 1.29 is 9.52 Å². The standard InChI is InChI=1S/C21H28ClN3O2/c22-17-3-1-4-18(13-17)24-9-11-25(12-10-24)19-5-2-8-23(14-19)15-20-6-7-21(16-26)27-20/h1,3-4,6-7,13,19,26H,2,5,8-12,14-16H2/t19-/m0/s1. The van der Waals surface area contributed by atoms with Crippen LogP contribution < -0.4 is 4.90 Å². The van der Waals surface area contributed by atoms with Gasteiger partial charge >= 0.3 is 0 Å². The Kier molecular flexibility index (Phi) is 6.03. The Hall–Kier alpha value is -1.53. The molecule has 2 fully saturated rings. The molecule has 0 spiro atoms. The van der Waals surface area contributed by atoms with E-state index in [1.54, 1.807) is 0 Å². The molecule has 2 saturated heterocycles. The first-order valence-electron chi connectivity index (χ1n) is 9.86. The summed E-state index contributed by atoms with van der Waals surface area (Å²) in [7, 11) is 0. The van der Waals surface area contributed by atoms with E-state index in [2.05, 4.69) is 26.8 Å². The topological polar surface area (TPSA) is 43.1 Å². The van der Waals surface area contributed by atoms with Gasteiger partial charge in [0.25, 0.3) is 0 Å². The van der Waals surface area contributed by atoms with Crippen molar-refractivity contribution in [3.05, 3.63) is 52.9 Å². The van der Waals surface area contributed by atoms with Crippen LogP contribution >= 0.6 is 11.6 Å². The van der Waals surface area contributed by atoms with E-state index < -0.39 is 0 Å². The second-order valence-corrected chi connectivity index (χ2v) is 8.00. The van der Waals surface area contributed by atoms with Crippen LogP contribution in [0.1, 0.15) is 24.4 Å². The van der Waals surface area contributed by atoms with E-state index in [1.807, 2.05) is 24.3 Å². The molecule has 2 aromatic rings. The highest BCUT2D eigenvalue weighted by Crippen LogP contribution is 2.24. The number of rotatable bonds is 5. The Labute approximate surface area is 166 Å². The smallest absolute Gasteiger partial charge is 0.129 e. The van der Waals surface area contributed by atoms with E-state index in [-0.39, 0.29) is 6.61 Å². The van der Waals surface area contributed by atoms with Gasteiger partial charge in [0.1, 0.15) is 18.1 Å². The second-order valence-electron chi connectivity index (χ2n) is 7.56. The van der Waals surface area contributed by atoms with Gasteiger partial charge in [0, 0.05) is 49.5 Å². The van der Waals surface area contributed by atoms with Crippen LogP contribution in [0.3, 0.4) is 0 Å². The van der Waals surface area contributed by atoms with Gasteiger partial charge in [-0.2, -0.15) is 0 Å². The first-order chi connectivity index (χ1) is 13.2. The second kappa shape index (κ2) is 8.65. The van der Waals surface area contributed by atoms with Gasteiger partial charge in [0.05, 0.1) is 6.54 Å². The number of benzene rings is 1. The molecule has 4 rings (SSSR count). The molecule has 0 amide bonds. The average Bonchev–Trinajstić information content (AvgIpc) is 3.16. The summed E-state index contributed by atoms with van der Waals surface area (Å²) in [6.07, 6.45) is 2.50. The molecule has 0 bridgehead atoms. The van der Waals surface area contributed by atoms with Crippen molar-refractivity contribution in [2.75, 3.05) is 44.2 Å². The third-order valence-corrected chi connectivity index (χ3v) is 5.97. The number of nitrogens with zero attached hydrogens (tertiary/aromatic N) is 3. The van der Waals surface area contributed by atoms with Crippen molar-refractivity contribution in [3.8, 4) is 0 Å². The fourth-order valence-corrected chi connectivity index (χ4v) is 4.49. The van der Waals surface area contributed by atoms with Gasteiger partial charge in [0.2, 0.25) is 0 Å². The molecule has 0 unspecified atom stereocenters. The van der Waals surface area contributed by atoms with Crippen LogP contribution in [0, 0.1) is 0 Å². The Bertz CT molecular complexity index is 743. The largest absolute Gasteiger partial charge is 0.462 e. The third-order valence-electron chi connectivity index (χ3n) is 5.74. The van der Waals surface area contributed by atoms with E-state index in [4.69, 9.17) is 21.1 Å². The number of halogens is 1. The summed E-state index contributed by atoms with van der Waals surface area (Å²) in [4.78, 5) is 7.56. The number of aliphatic hydroxyl groups excluding tert-OH is 1. The molecular formula is C21H28ClN3O2. The number of aliphatic hydroxyl groups is 1. The predicted octanol–water partition coefficient (Wildman–Crippen LogP) is 3.21. The van der Waals surface area contributed by atoms with E-state index in [1.165, 1.54) is 18.5 Å². The highest BCUT2D eigenvalue weighted by molar-refractivity contribution is 6.30. The Morgan fingerprint density at radius 1 is 1.04 bits per heavy atom. The van der Waals surface area contributed by atoms with E-state index in [0.29, 0.717) is 11.8 Å². The minimum Gasteiger partial charge on any atom is -0.462 e. The lowest BCUT2D eigenvalue weighted by Crippen LogP contribution is -2.55. The SMILES string of the molecule is OCc1ccc(CN2CCC[C@H](N3CCN(c4cccc(Cl)c4)CC3)C2)o1. The summed E-state index contributed by atoms with van der Waals surface area (Å²) < 4.78 is 5.67. The lowest BCUT2D eigenvalue weighted by Gasteiger charge is -2.43. The monoisotopic (exact) mass is 389 g/mol. The molecule has 3 heterocycles. The van der Waals surface area contributed by atoms with Gasteiger partial charge in [-0.05, 0) is 49.7 Å². The van der Waals surface area contributed by atoms with Crippen LogP contribution in [0.5, 0.6) is 0 Å². The zero-order chi connectivity index (χ0) is 18.6. The maximum atomic E-state index is 9.16. The van der Waals surface area contributed by atoms with E-state index >= 15 is 0 Å². The number of hydrogen-bond acceptors (Lipinski definition) is 5. The summed E-state index contributed by atoms with van der Waals surface area (Å²) in [5.41, 5.74) is 1.23. The maximum absolute atomic E-state index is 9.16. The molecule has 1 aromatic heterocycles. The molecule has 1 aromatic carbocycles. The van der Waals surface area contributed by atoms with Crippen LogP contribution in [-0.4, -0.2) is 60.2 Å². The summed E-state index contributed by atoms with van der Waals surface area (Å²) in [5.74, 6) is 1.60. The number of piperazine rings is 1. The van der Waals surface area contributed by atoms with Gasteiger partial charge in [-0.25, -0.2) is 0 Å². The van der Waals surface area contributed by atoms with Gasteiger partial charge in [-0.3, -0.25) is 9.80 Å². The Balaban J connectivity index is 1.30.